The number of nitrogens with zero attached hydrogens (tertiary/aromatic N) is 1. The molecule has 1 N–H and O–H groups in total. The monoisotopic (exact) mass is 328 g/mol. The minimum Gasteiger partial charge on any atom is -0.326 e. The third kappa shape index (κ3) is 3.42. The van der Waals surface area contributed by atoms with Gasteiger partial charge < -0.3 is 5.32 Å². The Labute approximate surface area is 139 Å². The van der Waals surface area contributed by atoms with E-state index in [0.29, 0.717) is 30.0 Å². The summed E-state index contributed by atoms with van der Waals surface area (Å²) >= 11 is 5.93. The maximum Gasteiger partial charge on any atom is 0.224 e. The smallest absolute Gasteiger partial charge is 0.224 e. The van der Waals surface area contributed by atoms with Gasteiger partial charge in [-0.15, -0.1) is 0 Å². The first-order chi connectivity index (χ1) is 11.1. The number of nitrogens with one attached hydrogen (secondary N) is 1. The van der Waals surface area contributed by atoms with Crippen molar-refractivity contribution < 1.29 is 9.59 Å². The van der Waals surface area contributed by atoms with Crippen LogP contribution in [-0.4, -0.2) is 16.7 Å². The van der Waals surface area contributed by atoms with Crippen LogP contribution in [0.25, 0.3) is 0 Å². The lowest BCUT2D eigenvalue weighted by atomic mass is 9.95. The molecule has 0 saturated heterocycles. The molecule has 2 heterocycles. The average molecular weight is 329 g/mol. The predicted molar refractivity (Wildman–Crippen MR) is 90.1 cm³/mol. The van der Waals surface area contributed by atoms with Gasteiger partial charge in [0.2, 0.25) is 5.91 Å². The number of aryl methyl sites for hydroxylation is 2. The molecule has 0 radical (unpaired) electrons. The van der Waals surface area contributed by atoms with Crippen LogP contribution in [0.5, 0.6) is 0 Å². The largest absolute Gasteiger partial charge is 0.326 e. The van der Waals surface area contributed by atoms with E-state index >= 15 is 0 Å². The number of fused-ring (bicyclic) bond motifs is 1. The van der Waals surface area contributed by atoms with E-state index in [0.717, 1.165) is 28.8 Å². The standard InChI is InChI=1S/C18H17ClN2O2/c1-2-12-10-20-17(19)9-14(12)16(22)8-11-3-5-15-13(7-11)4-6-18(23)21-15/h3,5,7,9-10H,2,4,6,8H2,1H3,(H,21,23). The highest BCUT2D eigenvalue weighted by molar-refractivity contribution is 6.29. The van der Waals surface area contributed by atoms with Gasteiger partial charge in [0.25, 0.3) is 0 Å². The highest BCUT2D eigenvalue weighted by Gasteiger charge is 2.17. The molecular weight excluding hydrogens is 312 g/mol. The third-order valence-corrected chi connectivity index (χ3v) is 4.27. The summed E-state index contributed by atoms with van der Waals surface area (Å²) in [6.45, 7) is 1.99. The number of ketones is 1. The Kier molecular flexibility index (Phi) is 4.44. The Hall–Kier alpha value is -2.20. The lowest BCUT2D eigenvalue weighted by Crippen LogP contribution is -2.19. The van der Waals surface area contributed by atoms with Gasteiger partial charge in [-0.3, -0.25) is 9.59 Å². The molecule has 23 heavy (non-hydrogen) atoms. The van der Waals surface area contributed by atoms with Crippen LogP contribution in [-0.2, 0) is 24.1 Å². The fourth-order valence-corrected chi connectivity index (χ4v) is 2.98. The number of hydrogen-bond acceptors (Lipinski definition) is 3. The van der Waals surface area contributed by atoms with Crippen molar-refractivity contribution in [2.24, 2.45) is 0 Å². The highest BCUT2D eigenvalue weighted by Crippen LogP contribution is 2.24. The number of rotatable bonds is 4. The van der Waals surface area contributed by atoms with E-state index in [1.54, 1.807) is 12.3 Å². The summed E-state index contributed by atoms with van der Waals surface area (Å²) in [5, 5.41) is 3.18. The molecule has 1 aromatic carbocycles. The molecule has 0 fully saturated rings. The Bertz CT molecular complexity index is 787. The number of anilines is 1. The van der Waals surface area contributed by atoms with Gasteiger partial charge >= 0.3 is 0 Å². The molecule has 1 aliphatic rings. The van der Waals surface area contributed by atoms with E-state index in [2.05, 4.69) is 10.3 Å². The number of benzene rings is 1. The van der Waals surface area contributed by atoms with Crippen molar-refractivity contribution >= 4 is 29.0 Å². The second-order valence-electron chi connectivity index (χ2n) is 5.66. The molecule has 4 nitrogen and oxygen atoms in total. The first kappa shape index (κ1) is 15.7. The van der Waals surface area contributed by atoms with Gasteiger partial charge in [0.1, 0.15) is 5.15 Å². The number of halogens is 1. The molecule has 1 aliphatic heterocycles. The summed E-state index contributed by atoms with van der Waals surface area (Å²) in [4.78, 5) is 28.0. The summed E-state index contributed by atoms with van der Waals surface area (Å²) in [7, 11) is 0. The highest BCUT2D eigenvalue weighted by atomic mass is 35.5. The molecule has 0 aliphatic carbocycles. The average Bonchev–Trinajstić information content (AvgIpc) is 2.55. The fraction of sp³-hybridized carbons (Fsp3) is 0.278. The van der Waals surface area contributed by atoms with Gasteiger partial charge in [-0.1, -0.05) is 30.7 Å². The Morgan fingerprint density at radius 2 is 2.13 bits per heavy atom. The van der Waals surface area contributed by atoms with Crippen molar-refractivity contribution in [1.29, 1.82) is 0 Å². The van der Waals surface area contributed by atoms with Crippen LogP contribution in [0.15, 0.2) is 30.5 Å². The van der Waals surface area contributed by atoms with Crippen molar-refractivity contribution in [2.75, 3.05) is 5.32 Å². The van der Waals surface area contributed by atoms with Crippen molar-refractivity contribution in [2.45, 2.75) is 32.6 Å². The molecule has 0 atom stereocenters. The van der Waals surface area contributed by atoms with Crippen molar-refractivity contribution in [3.05, 3.63) is 57.9 Å². The van der Waals surface area contributed by atoms with E-state index in [-0.39, 0.29) is 11.7 Å². The SMILES string of the molecule is CCc1cnc(Cl)cc1C(=O)Cc1ccc2c(c1)CCC(=O)N2. The molecule has 3 rings (SSSR count). The lowest BCUT2D eigenvalue weighted by Gasteiger charge is -2.17. The number of Topliss-reactive ketones (excluding diaryl/α,β-unsaturated/α-hetero) is 1. The maximum atomic E-state index is 12.6. The van der Waals surface area contributed by atoms with E-state index in [9.17, 15) is 9.59 Å². The van der Waals surface area contributed by atoms with Gasteiger partial charge in [-0.2, -0.15) is 0 Å². The van der Waals surface area contributed by atoms with E-state index < -0.39 is 0 Å². The number of carbonyl (C=O) groups is 2. The van der Waals surface area contributed by atoms with Crippen LogP contribution >= 0.6 is 11.6 Å². The van der Waals surface area contributed by atoms with E-state index in [4.69, 9.17) is 11.6 Å². The molecular formula is C18H17ClN2O2. The number of amides is 1. The first-order valence-corrected chi connectivity index (χ1v) is 8.04. The molecule has 1 aromatic heterocycles. The molecule has 118 valence electrons. The molecule has 1 amide bonds. The van der Waals surface area contributed by atoms with Crippen LogP contribution in [0.1, 0.15) is 40.4 Å². The Morgan fingerprint density at radius 3 is 2.91 bits per heavy atom. The van der Waals surface area contributed by atoms with Crippen LogP contribution in [0.3, 0.4) is 0 Å². The number of pyridine rings is 1. The second-order valence-corrected chi connectivity index (χ2v) is 6.04. The Balaban J connectivity index is 1.83. The topological polar surface area (TPSA) is 59.1 Å². The fourth-order valence-electron chi connectivity index (χ4n) is 2.83. The van der Waals surface area contributed by atoms with Crippen molar-refractivity contribution in [3.63, 3.8) is 0 Å². The minimum absolute atomic E-state index is 0.0333. The van der Waals surface area contributed by atoms with Gasteiger partial charge in [-0.25, -0.2) is 4.98 Å². The number of carbonyl (C=O) groups excluding carboxylic acids is 2. The number of aromatic nitrogens is 1. The minimum atomic E-state index is 0.0333. The van der Waals surface area contributed by atoms with Gasteiger partial charge in [0.15, 0.2) is 5.78 Å². The van der Waals surface area contributed by atoms with Crippen molar-refractivity contribution in [3.8, 4) is 0 Å². The summed E-state index contributed by atoms with van der Waals surface area (Å²) in [5.41, 5.74) is 4.42. The van der Waals surface area contributed by atoms with E-state index in [1.807, 2.05) is 25.1 Å². The van der Waals surface area contributed by atoms with E-state index in [1.165, 1.54) is 0 Å². The molecule has 5 heteroatoms. The van der Waals surface area contributed by atoms with Crippen LogP contribution in [0.4, 0.5) is 5.69 Å². The zero-order valence-electron chi connectivity index (χ0n) is 12.9. The summed E-state index contributed by atoms with van der Waals surface area (Å²) in [6, 6.07) is 7.40. The van der Waals surface area contributed by atoms with Gasteiger partial charge in [-0.05, 0) is 41.7 Å². The van der Waals surface area contributed by atoms with Crippen LogP contribution in [0.2, 0.25) is 5.15 Å². The van der Waals surface area contributed by atoms with Gasteiger partial charge in [0.05, 0.1) is 0 Å². The quantitative estimate of drug-likeness (QED) is 0.689. The second kappa shape index (κ2) is 6.50. The normalized spacial score (nSPS) is 13.4. The molecule has 0 bridgehead atoms. The molecule has 0 spiro atoms. The van der Waals surface area contributed by atoms with Crippen LogP contribution in [0, 0.1) is 0 Å². The predicted octanol–water partition coefficient (Wildman–Crippen LogP) is 3.61. The molecule has 0 unspecified atom stereocenters. The summed E-state index contributed by atoms with van der Waals surface area (Å²) < 4.78 is 0. The Morgan fingerprint density at radius 1 is 1.30 bits per heavy atom. The zero-order valence-corrected chi connectivity index (χ0v) is 13.6. The summed E-state index contributed by atoms with van der Waals surface area (Å²) in [5.74, 6) is 0.0753. The van der Waals surface area contributed by atoms with Gasteiger partial charge in [0, 0.05) is 30.3 Å². The zero-order chi connectivity index (χ0) is 16.4. The maximum absolute atomic E-state index is 12.6. The molecule has 0 saturated carbocycles. The molecule has 2 aromatic rings. The first-order valence-electron chi connectivity index (χ1n) is 7.66. The third-order valence-electron chi connectivity index (χ3n) is 4.06. The van der Waals surface area contributed by atoms with Crippen molar-refractivity contribution in [1.82, 2.24) is 4.98 Å². The lowest BCUT2D eigenvalue weighted by molar-refractivity contribution is -0.116. The summed E-state index contributed by atoms with van der Waals surface area (Å²) in [6.07, 6.45) is 3.92. The number of hydrogen-bond donors (Lipinski definition) is 1. The van der Waals surface area contributed by atoms with Crippen LogP contribution < -0.4 is 5.32 Å².